The molecule has 1 atom stereocenters. The van der Waals surface area contributed by atoms with E-state index in [-0.39, 0.29) is 12.6 Å². The summed E-state index contributed by atoms with van der Waals surface area (Å²) in [6, 6.07) is 5.97. The van der Waals surface area contributed by atoms with Crippen LogP contribution in [0.2, 0.25) is 10.0 Å². The molecule has 0 radical (unpaired) electrons. The van der Waals surface area contributed by atoms with Crippen molar-refractivity contribution in [2.45, 2.75) is 19.4 Å². The molecule has 0 saturated carbocycles. The average Bonchev–Trinajstić information content (AvgIpc) is 2.66. The Labute approximate surface area is 135 Å². The van der Waals surface area contributed by atoms with E-state index in [1.165, 1.54) is 0 Å². The molecule has 1 fully saturated rings. The fraction of sp³-hybridized carbons (Fsp3) is 0.533. The Balaban J connectivity index is 2.00. The van der Waals surface area contributed by atoms with E-state index < -0.39 is 5.97 Å². The van der Waals surface area contributed by atoms with Crippen LogP contribution in [0, 0.1) is 0 Å². The zero-order valence-corrected chi connectivity index (χ0v) is 13.6. The molecule has 1 aromatic rings. The Kier molecular flexibility index (Phi) is 5.88. The van der Waals surface area contributed by atoms with Crippen LogP contribution in [0.3, 0.4) is 0 Å². The lowest BCUT2D eigenvalue weighted by atomic mass is 10.1. The molecule has 21 heavy (non-hydrogen) atoms. The van der Waals surface area contributed by atoms with Gasteiger partial charge in [0.15, 0.2) is 0 Å². The summed E-state index contributed by atoms with van der Waals surface area (Å²) in [5.74, 6) is -0.763. The molecule has 1 aliphatic heterocycles. The first-order valence-electron chi connectivity index (χ1n) is 7.10. The summed E-state index contributed by atoms with van der Waals surface area (Å²) < 4.78 is 0. The normalized spacial score (nSPS) is 19.2. The second-order valence-electron chi connectivity index (χ2n) is 5.41. The summed E-state index contributed by atoms with van der Waals surface area (Å²) in [7, 11) is 0. The molecule has 6 heteroatoms. The Hall–Kier alpha value is -0.810. The number of carboxylic acid groups (broad SMARTS) is 1. The predicted molar refractivity (Wildman–Crippen MR) is 85.1 cm³/mol. The van der Waals surface area contributed by atoms with E-state index in [4.69, 9.17) is 28.3 Å². The lowest BCUT2D eigenvalue weighted by Crippen LogP contribution is -2.35. The van der Waals surface area contributed by atoms with Gasteiger partial charge in [0.2, 0.25) is 0 Å². The molecule has 0 spiro atoms. The molecule has 0 aromatic heterocycles. The highest BCUT2D eigenvalue weighted by Crippen LogP contribution is 2.28. The third kappa shape index (κ3) is 4.58. The summed E-state index contributed by atoms with van der Waals surface area (Å²) in [4.78, 5) is 15.2. The Morgan fingerprint density at radius 2 is 2.00 bits per heavy atom. The van der Waals surface area contributed by atoms with Gasteiger partial charge in [0.1, 0.15) is 0 Å². The van der Waals surface area contributed by atoms with Gasteiger partial charge < -0.3 is 5.11 Å². The van der Waals surface area contributed by atoms with Crippen molar-refractivity contribution in [1.82, 2.24) is 9.80 Å². The monoisotopic (exact) mass is 330 g/mol. The molecular weight excluding hydrogens is 311 g/mol. The highest BCUT2D eigenvalue weighted by molar-refractivity contribution is 6.42. The van der Waals surface area contributed by atoms with E-state index in [1.807, 2.05) is 23.1 Å². The minimum absolute atomic E-state index is 0.120. The smallest absolute Gasteiger partial charge is 0.317 e. The van der Waals surface area contributed by atoms with Gasteiger partial charge in [-0.05, 0) is 31.0 Å². The number of halogens is 2. The number of hydrogen-bond acceptors (Lipinski definition) is 3. The van der Waals surface area contributed by atoms with Crippen LogP contribution in [0.25, 0.3) is 0 Å². The lowest BCUT2D eigenvalue weighted by molar-refractivity contribution is -0.138. The summed E-state index contributed by atoms with van der Waals surface area (Å²) >= 11 is 12.0. The zero-order valence-electron chi connectivity index (χ0n) is 12.1. The Morgan fingerprint density at radius 3 is 2.67 bits per heavy atom. The average molecular weight is 331 g/mol. The second-order valence-corrected chi connectivity index (χ2v) is 6.22. The standard InChI is InChI=1S/C15H20Cl2N2O2/c1-11(12-3-4-13(16)14(17)9-12)19-6-2-5-18(7-8-19)10-15(20)21/h3-4,9,11H,2,5-8,10H2,1H3,(H,20,21). The van der Waals surface area contributed by atoms with Gasteiger partial charge in [-0.3, -0.25) is 14.6 Å². The molecule has 2 rings (SSSR count). The fourth-order valence-corrected chi connectivity index (χ4v) is 3.02. The molecule has 1 heterocycles. The van der Waals surface area contributed by atoms with Gasteiger partial charge in [-0.15, -0.1) is 0 Å². The van der Waals surface area contributed by atoms with Crippen molar-refractivity contribution in [3.05, 3.63) is 33.8 Å². The van der Waals surface area contributed by atoms with E-state index in [0.29, 0.717) is 10.0 Å². The first-order valence-corrected chi connectivity index (χ1v) is 7.86. The lowest BCUT2D eigenvalue weighted by Gasteiger charge is -2.28. The number of carboxylic acids is 1. The third-order valence-corrected chi connectivity index (χ3v) is 4.69. The van der Waals surface area contributed by atoms with Crippen molar-refractivity contribution in [2.75, 3.05) is 32.7 Å². The molecule has 0 bridgehead atoms. The quantitative estimate of drug-likeness (QED) is 0.921. The van der Waals surface area contributed by atoms with Crippen LogP contribution in [0.4, 0.5) is 0 Å². The first-order chi connectivity index (χ1) is 9.97. The van der Waals surface area contributed by atoms with Gasteiger partial charge in [-0.25, -0.2) is 0 Å². The van der Waals surface area contributed by atoms with Crippen LogP contribution in [-0.2, 0) is 4.79 Å². The maximum Gasteiger partial charge on any atom is 0.317 e. The summed E-state index contributed by atoms with van der Waals surface area (Å²) in [5, 5.41) is 10.0. The topological polar surface area (TPSA) is 43.8 Å². The molecule has 116 valence electrons. The number of nitrogens with zero attached hydrogens (tertiary/aromatic N) is 2. The van der Waals surface area contributed by atoms with Gasteiger partial charge in [-0.2, -0.15) is 0 Å². The Morgan fingerprint density at radius 1 is 1.24 bits per heavy atom. The molecule has 1 unspecified atom stereocenters. The molecular formula is C15H20Cl2N2O2. The van der Waals surface area contributed by atoms with Crippen molar-refractivity contribution in [3.63, 3.8) is 0 Å². The van der Waals surface area contributed by atoms with Gasteiger partial charge >= 0.3 is 5.97 Å². The summed E-state index contributed by atoms with van der Waals surface area (Å²) in [5.41, 5.74) is 1.14. The van der Waals surface area contributed by atoms with Crippen LogP contribution in [0.1, 0.15) is 24.9 Å². The van der Waals surface area contributed by atoms with E-state index in [2.05, 4.69) is 11.8 Å². The largest absolute Gasteiger partial charge is 0.480 e. The highest BCUT2D eigenvalue weighted by atomic mass is 35.5. The van der Waals surface area contributed by atoms with Crippen LogP contribution < -0.4 is 0 Å². The fourth-order valence-electron chi connectivity index (χ4n) is 2.71. The molecule has 0 amide bonds. The molecule has 1 aliphatic rings. The zero-order chi connectivity index (χ0) is 15.4. The van der Waals surface area contributed by atoms with Crippen molar-refractivity contribution in [1.29, 1.82) is 0 Å². The highest BCUT2D eigenvalue weighted by Gasteiger charge is 2.21. The number of rotatable bonds is 4. The van der Waals surface area contributed by atoms with Crippen LogP contribution in [0.15, 0.2) is 18.2 Å². The Bertz CT molecular complexity index is 510. The molecule has 1 aromatic carbocycles. The number of benzene rings is 1. The molecule has 1 saturated heterocycles. The maximum absolute atomic E-state index is 10.8. The molecule has 1 N–H and O–H groups in total. The first kappa shape index (κ1) is 16.6. The van der Waals surface area contributed by atoms with Gasteiger partial charge in [0.25, 0.3) is 0 Å². The van der Waals surface area contributed by atoms with Crippen molar-refractivity contribution < 1.29 is 9.90 Å². The summed E-state index contributed by atoms with van der Waals surface area (Å²) in [6.45, 7) is 5.68. The van der Waals surface area contributed by atoms with E-state index in [9.17, 15) is 4.79 Å². The number of aliphatic carboxylic acids is 1. The predicted octanol–water partition coefficient (Wildman–Crippen LogP) is 3.15. The summed E-state index contributed by atoms with van der Waals surface area (Å²) in [6.07, 6.45) is 0.971. The van der Waals surface area contributed by atoms with Crippen molar-refractivity contribution in [3.8, 4) is 0 Å². The van der Waals surface area contributed by atoms with E-state index in [1.54, 1.807) is 0 Å². The second kappa shape index (κ2) is 7.45. The third-order valence-electron chi connectivity index (χ3n) is 3.96. The van der Waals surface area contributed by atoms with Crippen LogP contribution in [0.5, 0.6) is 0 Å². The van der Waals surface area contributed by atoms with Gasteiger partial charge in [0, 0.05) is 32.2 Å². The van der Waals surface area contributed by atoms with E-state index in [0.717, 1.165) is 38.2 Å². The van der Waals surface area contributed by atoms with E-state index >= 15 is 0 Å². The SMILES string of the molecule is CC(c1ccc(Cl)c(Cl)c1)N1CCCN(CC(=O)O)CC1. The van der Waals surface area contributed by atoms with Crippen LogP contribution >= 0.6 is 23.2 Å². The maximum atomic E-state index is 10.8. The van der Waals surface area contributed by atoms with Crippen molar-refractivity contribution in [2.24, 2.45) is 0 Å². The molecule has 4 nitrogen and oxygen atoms in total. The van der Waals surface area contributed by atoms with Gasteiger partial charge in [-0.1, -0.05) is 29.3 Å². The minimum Gasteiger partial charge on any atom is -0.480 e. The minimum atomic E-state index is -0.763. The van der Waals surface area contributed by atoms with Crippen LogP contribution in [-0.4, -0.2) is 53.6 Å². The van der Waals surface area contributed by atoms with Crippen molar-refractivity contribution >= 4 is 29.2 Å². The van der Waals surface area contributed by atoms with Gasteiger partial charge in [0.05, 0.1) is 16.6 Å². The number of hydrogen-bond donors (Lipinski definition) is 1. The molecule has 0 aliphatic carbocycles. The number of carbonyl (C=O) groups is 1.